The van der Waals surface area contributed by atoms with E-state index < -0.39 is 18.5 Å². The second-order valence-electron chi connectivity index (χ2n) is 5.52. The van der Waals surface area contributed by atoms with Gasteiger partial charge in [-0.1, -0.05) is 23.2 Å². The number of carbonyl (C=O) groups is 3. The summed E-state index contributed by atoms with van der Waals surface area (Å²) < 4.78 is 4.88. The summed E-state index contributed by atoms with van der Waals surface area (Å²) in [5.74, 6) is -1.75. The van der Waals surface area contributed by atoms with E-state index >= 15 is 0 Å². The zero-order chi connectivity index (χ0) is 18.7. The quantitative estimate of drug-likeness (QED) is 0.535. The third-order valence-corrected chi connectivity index (χ3v) is 4.57. The van der Waals surface area contributed by atoms with Gasteiger partial charge in [-0.3, -0.25) is 9.59 Å². The number of H-pyrrole nitrogens is 1. The normalized spacial score (nSPS) is 13.3. The zero-order valence-corrected chi connectivity index (χ0v) is 15.5. The monoisotopic (exact) mass is 409 g/mol. The van der Waals surface area contributed by atoms with Crippen molar-refractivity contribution in [2.75, 3.05) is 25.9 Å². The molecule has 0 aliphatic heterocycles. The van der Waals surface area contributed by atoms with Gasteiger partial charge in [0.15, 0.2) is 6.61 Å². The maximum Gasteiger partial charge on any atom is 0.405 e. The lowest BCUT2D eigenvalue weighted by atomic mass is 10.3. The fourth-order valence-corrected chi connectivity index (χ4v) is 2.43. The number of ether oxygens (including phenoxy) is 1. The summed E-state index contributed by atoms with van der Waals surface area (Å²) in [6.45, 7) is -0.699. The van der Waals surface area contributed by atoms with Crippen LogP contribution in [0.2, 0.25) is 15.2 Å². The number of rotatable bonds is 6. The molecule has 2 amide bonds. The highest BCUT2D eigenvalue weighted by molar-refractivity contribution is 6.45. The minimum absolute atomic E-state index is 0.0271. The number of hydrogen-bond acceptors (Lipinski definition) is 5. The summed E-state index contributed by atoms with van der Waals surface area (Å²) in [6, 6.07) is 0.201. The number of esters is 1. The molecular weight excluding hydrogens is 395 g/mol. The van der Waals surface area contributed by atoms with Crippen LogP contribution in [0.5, 0.6) is 0 Å². The first-order chi connectivity index (χ1) is 11.7. The number of nitrogen functional groups attached to an aromatic ring is 1. The van der Waals surface area contributed by atoms with Gasteiger partial charge in [0.1, 0.15) is 10.0 Å². The molecule has 1 heterocycles. The van der Waals surface area contributed by atoms with E-state index in [2.05, 4.69) is 10.3 Å². The maximum atomic E-state index is 12.0. The van der Waals surface area contributed by atoms with E-state index in [0.717, 1.165) is 17.7 Å². The topological polar surface area (TPSA) is 116 Å². The van der Waals surface area contributed by atoms with Crippen molar-refractivity contribution in [2.24, 2.45) is 0 Å². The molecule has 25 heavy (non-hydrogen) atoms. The minimum Gasteiger partial charge on any atom is -0.448 e. The number of pyridine rings is 1. The number of halogens is 3. The van der Waals surface area contributed by atoms with Crippen molar-refractivity contribution in [2.45, 2.75) is 18.9 Å². The Labute approximate surface area is 158 Å². The lowest BCUT2D eigenvalue weighted by molar-refractivity contribution is -0.380. The van der Waals surface area contributed by atoms with Gasteiger partial charge in [0.05, 0.1) is 12.2 Å². The Hall–Kier alpha value is -1.77. The second kappa shape index (κ2) is 8.07. The fourth-order valence-electron chi connectivity index (χ4n) is 1.82. The Morgan fingerprint density at radius 3 is 2.52 bits per heavy atom. The standard InChI is InChI=1S/C14H15Cl3N4O4/c1-21(4-7(22)19-6-2-3-6)8(23)5-25-14(24)12-9(15)11(18)10(16)13(17)20-12/h6H,2-5H2,1H3,(H2,18,20)(H,19,22)/p+1. The third-order valence-electron chi connectivity index (χ3n) is 3.40. The smallest absolute Gasteiger partial charge is 0.405 e. The number of nitrogens with zero attached hydrogens (tertiary/aromatic N) is 1. The Bertz CT molecular complexity index is 725. The van der Waals surface area contributed by atoms with Crippen molar-refractivity contribution >= 4 is 58.3 Å². The molecule has 1 fully saturated rings. The number of amides is 2. The van der Waals surface area contributed by atoms with E-state index in [4.69, 9.17) is 45.3 Å². The molecule has 2 rings (SSSR count). The summed E-state index contributed by atoms with van der Waals surface area (Å²) in [5.41, 5.74) is 5.32. The number of aromatic amines is 1. The van der Waals surface area contributed by atoms with E-state index in [1.165, 1.54) is 7.05 Å². The summed E-state index contributed by atoms with van der Waals surface area (Å²) in [7, 11) is 1.43. The minimum atomic E-state index is -0.931. The van der Waals surface area contributed by atoms with Gasteiger partial charge in [-0.15, -0.1) is 0 Å². The third kappa shape index (κ3) is 5.10. The molecule has 0 spiro atoms. The van der Waals surface area contributed by atoms with E-state index in [9.17, 15) is 14.4 Å². The molecule has 136 valence electrons. The molecule has 0 bridgehead atoms. The Morgan fingerprint density at radius 1 is 1.28 bits per heavy atom. The van der Waals surface area contributed by atoms with Crippen LogP contribution < -0.4 is 16.0 Å². The van der Waals surface area contributed by atoms with Crippen LogP contribution in [0.25, 0.3) is 0 Å². The van der Waals surface area contributed by atoms with Gasteiger partial charge in [0.2, 0.25) is 5.91 Å². The van der Waals surface area contributed by atoms with Crippen LogP contribution in [-0.4, -0.2) is 48.9 Å². The summed E-state index contributed by atoms with van der Waals surface area (Å²) in [5, 5.41) is 2.47. The number of aromatic nitrogens is 1. The van der Waals surface area contributed by atoms with Crippen LogP contribution in [0.3, 0.4) is 0 Å². The highest BCUT2D eigenvalue weighted by atomic mass is 35.5. The molecule has 0 aromatic carbocycles. The first kappa shape index (κ1) is 19.6. The molecule has 0 unspecified atom stereocenters. The van der Waals surface area contributed by atoms with Gasteiger partial charge >= 0.3 is 11.7 Å². The predicted octanol–water partition coefficient (Wildman–Crippen LogP) is 0.937. The number of carbonyl (C=O) groups excluding carboxylic acids is 3. The van der Waals surface area contributed by atoms with Crippen LogP contribution >= 0.6 is 34.8 Å². The maximum absolute atomic E-state index is 12.0. The van der Waals surface area contributed by atoms with Gasteiger partial charge in [-0.25, -0.2) is 4.79 Å². The molecule has 11 heteroatoms. The molecule has 1 aromatic rings. The lowest BCUT2D eigenvalue weighted by Gasteiger charge is -2.16. The molecule has 8 nitrogen and oxygen atoms in total. The highest BCUT2D eigenvalue weighted by Gasteiger charge is 2.28. The number of nitrogens with one attached hydrogen (secondary N) is 2. The molecular formula is C14H16Cl3N4O4+. The number of likely N-dealkylation sites (N-methyl/N-ethyl adjacent to an activating group) is 1. The van der Waals surface area contributed by atoms with E-state index in [1.54, 1.807) is 0 Å². The Balaban J connectivity index is 1.90. The molecule has 1 saturated carbocycles. The van der Waals surface area contributed by atoms with E-state index in [0.29, 0.717) is 0 Å². The number of nitrogens with two attached hydrogens (primary N) is 1. The van der Waals surface area contributed by atoms with Gasteiger partial charge in [0.25, 0.3) is 11.1 Å². The molecule has 0 saturated heterocycles. The average Bonchev–Trinajstić information content (AvgIpc) is 3.37. The average molecular weight is 411 g/mol. The van der Waals surface area contributed by atoms with E-state index in [-0.39, 0.29) is 45.1 Å². The molecule has 1 aliphatic rings. The van der Waals surface area contributed by atoms with Crippen molar-refractivity contribution in [3.63, 3.8) is 0 Å². The van der Waals surface area contributed by atoms with Crippen molar-refractivity contribution in [1.82, 2.24) is 10.2 Å². The first-order valence-corrected chi connectivity index (χ1v) is 8.39. The van der Waals surface area contributed by atoms with Crippen LogP contribution in [0.15, 0.2) is 0 Å². The van der Waals surface area contributed by atoms with E-state index in [1.807, 2.05) is 0 Å². The highest BCUT2D eigenvalue weighted by Crippen LogP contribution is 2.32. The summed E-state index contributed by atoms with van der Waals surface area (Å²) in [4.78, 5) is 39.2. The van der Waals surface area contributed by atoms with Crippen LogP contribution in [0, 0.1) is 0 Å². The van der Waals surface area contributed by atoms with Gasteiger partial charge in [0, 0.05) is 13.1 Å². The zero-order valence-electron chi connectivity index (χ0n) is 13.2. The van der Waals surface area contributed by atoms with Crippen molar-refractivity contribution in [3.05, 3.63) is 20.9 Å². The number of hydrogen-bond donors (Lipinski definition) is 2. The van der Waals surface area contributed by atoms with Gasteiger partial charge < -0.3 is 20.7 Å². The first-order valence-electron chi connectivity index (χ1n) is 7.26. The van der Waals surface area contributed by atoms with Crippen molar-refractivity contribution in [1.29, 1.82) is 0 Å². The largest absolute Gasteiger partial charge is 0.448 e. The van der Waals surface area contributed by atoms with Gasteiger partial charge in [-0.05, 0) is 24.4 Å². The summed E-state index contributed by atoms with van der Waals surface area (Å²) >= 11 is 17.5. The molecule has 0 atom stereocenters. The Morgan fingerprint density at radius 2 is 1.92 bits per heavy atom. The summed E-state index contributed by atoms with van der Waals surface area (Å²) in [6.07, 6.45) is 1.90. The SMILES string of the molecule is CN(CC(=O)NC1CC1)C(=O)COC(=O)c1[nH+]c(Cl)c(Cl)c(N)c1Cl. The predicted molar refractivity (Wildman–Crippen MR) is 91.5 cm³/mol. The fraction of sp³-hybridized carbons (Fsp3) is 0.429. The second-order valence-corrected chi connectivity index (χ2v) is 6.66. The molecule has 0 radical (unpaired) electrons. The molecule has 1 aliphatic carbocycles. The van der Waals surface area contributed by atoms with Crippen LogP contribution in [0.4, 0.5) is 5.69 Å². The van der Waals surface area contributed by atoms with Crippen molar-refractivity contribution in [3.8, 4) is 0 Å². The van der Waals surface area contributed by atoms with Crippen molar-refractivity contribution < 1.29 is 24.1 Å². The Kier molecular flexibility index (Phi) is 6.31. The van der Waals surface area contributed by atoms with Gasteiger partial charge in [-0.2, -0.15) is 4.98 Å². The molecule has 1 aromatic heterocycles. The van der Waals surface area contributed by atoms with Crippen LogP contribution in [0.1, 0.15) is 23.3 Å². The lowest BCUT2D eigenvalue weighted by Crippen LogP contribution is -2.41. The van der Waals surface area contributed by atoms with Crippen LogP contribution in [-0.2, 0) is 14.3 Å². The number of anilines is 1. The molecule has 4 N–H and O–H groups in total.